The first-order chi connectivity index (χ1) is 13.8. The molecule has 0 atom stereocenters. The van der Waals surface area contributed by atoms with Gasteiger partial charge < -0.3 is 14.8 Å². The zero-order chi connectivity index (χ0) is 21.0. The smallest absolute Gasteiger partial charge is 0.339 e. The molecule has 0 spiro atoms. The lowest BCUT2D eigenvalue weighted by Gasteiger charge is -2.12. The molecule has 29 heavy (non-hydrogen) atoms. The number of nitrogens with one attached hydrogen (secondary N) is 1. The number of carbonyl (C=O) groups excluding carboxylic acids is 2. The number of para-hydroxylation sites is 1. The summed E-state index contributed by atoms with van der Waals surface area (Å²) in [5, 5.41) is 3.85. The van der Waals surface area contributed by atoms with E-state index in [1.807, 2.05) is 12.1 Å². The van der Waals surface area contributed by atoms with E-state index in [0.717, 1.165) is 11.6 Å². The number of carbonyl (C=O) groups is 2. The van der Waals surface area contributed by atoms with Crippen molar-refractivity contribution in [2.75, 3.05) is 25.3 Å². The Balaban J connectivity index is 1.74. The van der Waals surface area contributed by atoms with Gasteiger partial charge in [0.05, 0.1) is 23.3 Å². The van der Waals surface area contributed by atoms with Gasteiger partial charge in [0.25, 0.3) is 5.91 Å². The Morgan fingerprint density at radius 3 is 2.28 bits per heavy atom. The number of hydrogen-bond donors (Lipinski definition) is 1. The van der Waals surface area contributed by atoms with Gasteiger partial charge in [-0.25, -0.2) is 13.2 Å². The van der Waals surface area contributed by atoms with Crippen LogP contribution in [0.15, 0.2) is 65.6 Å². The van der Waals surface area contributed by atoms with E-state index < -0.39 is 28.3 Å². The summed E-state index contributed by atoms with van der Waals surface area (Å²) in [6.07, 6.45) is 1.05. The predicted molar refractivity (Wildman–Crippen MR) is 109 cm³/mol. The summed E-state index contributed by atoms with van der Waals surface area (Å²) in [7, 11) is -1.98. The Morgan fingerprint density at radius 2 is 1.59 bits per heavy atom. The number of esters is 1. The standard InChI is InChI=1S/C21H19NO6S/c1-27-18-12-11-16(14-7-3-4-8-15(14)18)21(24)28-13-20(23)22-17-9-5-6-10-19(17)29(2,25)26/h3-12H,13H2,1-2H3,(H,22,23). The van der Waals surface area contributed by atoms with Crippen molar-refractivity contribution < 1.29 is 27.5 Å². The van der Waals surface area contributed by atoms with Crippen molar-refractivity contribution in [2.45, 2.75) is 4.90 Å². The number of fused-ring (bicyclic) bond motifs is 1. The Morgan fingerprint density at radius 1 is 0.931 bits per heavy atom. The molecule has 1 amide bonds. The van der Waals surface area contributed by atoms with Crippen LogP contribution in [0.5, 0.6) is 5.75 Å². The highest BCUT2D eigenvalue weighted by Crippen LogP contribution is 2.28. The fourth-order valence-corrected chi connectivity index (χ4v) is 3.76. The van der Waals surface area contributed by atoms with Gasteiger partial charge in [-0.05, 0) is 29.7 Å². The molecule has 0 aliphatic heterocycles. The summed E-state index contributed by atoms with van der Waals surface area (Å²) in [5.74, 6) is -0.699. The summed E-state index contributed by atoms with van der Waals surface area (Å²) in [5.41, 5.74) is 0.427. The molecule has 0 saturated heterocycles. The summed E-state index contributed by atoms with van der Waals surface area (Å²) in [6, 6.07) is 16.4. The Bertz CT molecular complexity index is 1190. The summed E-state index contributed by atoms with van der Waals surface area (Å²) >= 11 is 0. The molecule has 0 aromatic heterocycles. The number of ether oxygens (including phenoxy) is 2. The van der Waals surface area contributed by atoms with Crippen molar-refractivity contribution in [3.63, 3.8) is 0 Å². The fourth-order valence-electron chi connectivity index (χ4n) is 2.92. The van der Waals surface area contributed by atoms with E-state index in [0.29, 0.717) is 16.7 Å². The van der Waals surface area contributed by atoms with Gasteiger partial charge in [0.1, 0.15) is 5.75 Å². The van der Waals surface area contributed by atoms with E-state index in [2.05, 4.69) is 5.32 Å². The van der Waals surface area contributed by atoms with Crippen LogP contribution in [0.4, 0.5) is 5.69 Å². The third-order valence-electron chi connectivity index (χ3n) is 4.22. The van der Waals surface area contributed by atoms with E-state index in [1.165, 1.54) is 12.1 Å². The highest BCUT2D eigenvalue weighted by Gasteiger charge is 2.17. The van der Waals surface area contributed by atoms with Crippen molar-refractivity contribution in [3.05, 3.63) is 66.2 Å². The quantitative estimate of drug-likeness (QED) is 0.624. The maximum Gasteiger partial charge on any atom is 0.339 e. The number of amides is 1. The van der Waals surface area contributed by atoms with Crippen molar-refractivity contribution in [3.8, 4) is 5.75 Å². The first-order valence-electron chi connectivity index (χ1n) is 8.63. The summed E-state index contributed by atoms with van der Waals surface area (Å²) < 4.78 is 34.1. The summed E-state index contributed by atoms with van der Waals surface area (Å²) in [4.78, 5) is 24.7. The van der Waals surface area contributed by atoms with E-state index >= 15 is 0 Å². The lowest BCUT2D eigenvalue weighted by Crippen LogP contribution is -2.22. The Kier molecular flexibility index (Phi) is 5.84. The van der Waals surface area contributed by atoms with Crippen LogP contribution >= 0.6 is 0 Å². The van der Waals surface area contributed by atoms with Crippen LogP contribution in [0.2, 0.25) is 0 Å². The minimum absolute atomic E-state index is 0.0131. The SMILES string of the molecule is COc1ccc(C(=O)OCC(=O)Nc2ccccc2S(C)(=O)=O)c2ccccc12. The van der Waals surface area contributed by atoms with Gasteiger partial charge in [-0.15, -0.1) is 0 Å². The number of rotatable bonds is 6. The molecular weight excluding hydrogens is 394 g/mol. The maximum atomic E-state index is 12.5. The van der Waals surface area contributed by atoms with Gasteiger partial charge in [0.2, 0.25) is 0 Å². The first-order valence-corrected chi connectivity index (χ1v) is 10.5. The second-order valence-electron chi connectivity index (χ2n) is 6.25. The van der Waals surface area contributed by atoms with E-state index in [4.69, 9.17) is 9.47 Å². The van der Waals surface area contributed by atoms with Gasteiger partial charge in [-0.2, -0.15) is 0 Å². The fraction of sp³-hybridized carbons (Fsp3) is 0.143. The Hall–Kier alpha value is -3.39. The van der Waals surface area contributed by atoms with Gasteiger partial charge >= 0.3 is 5.97 Å². The number of methoxy groups -OCH3 is 1. The van der Waals surface area contributed by atoms with E-state index in [9.17, 15) is 18.0 Å². The number of sulfone groups is 1. The van der Waals surface area contributed by atoms with Crippen LogP contribution in [-0.2, 0) is 19.4 Å². The van der Waals surface area contributed by atoms with Gasteiger partial charge in [-0.1, -0.05) is 36.4 Å². The third-order valence-corrected chi connectivity index (χ3v) is 5.37. The number of hydrogen-bond acceptors (Lipinski definition) is 6. The molecule has 0 unspecified atom stereocenters. The van der Waals surface area contributed by atoms with Crippen molar-refractivity contribution in [2.24, 2.45) is 0 Å². The predicted octanol–water partition coefficient (Wildman–Crippen LogP) is 3.05. The largest absolute Gasteiger partial charge is 0.496 e. The monoisotopic (exact) mass is 413 g/mol. The van der Waals surface area contributed by atoms with Gasteiger partial charge in [-0.3, -0.25) is 4.79 Å². The average Bonchev–Trinajstić information content (AvgIpc) is 2.70. The van der Waals surface area contributed by atoms with Crippen LogP contribution in [0.3, 0.4) is 0 Å². The van der Waals surface area contributed by atoms with Crippen LogP contribution in [0.25, 0.3) is 10.8 Å². The molecule has 0 radical (unpaired) electrons. The van der Waals surface area contributed by atoms with Crippen LogP contribution in [0.1, 0.15) is 10.4 Å². The highest BCUT2D eigenvalue weighted by atomic mass is 32.2. The first kappa shape index (κ1) is 20.3. The molecule has 0 aliphatic carbocycles. The lowest BCUT2D eigenvalue weighted by molar-refractivity contribution is -0.119. The molecule has 150 valence electrons. The molecule has 0 fully saturated rings. The zero-order valence-electron chi connectivity index (χ0n) is 15.8. The normalized spacial score (nSPS) is 11.1. The van der Waals surface area contributed by atoms with Gasteiger partial charge in [0, 0.05) is 11.6 Å². The van der Waals surface area contributed by atoms with Gasteiger partial charge in [0.15, 0.2) is 16.4 Å². The topological polar surface area (TPSA) is 98.8 Å². The third kappa shape index (κ3) is 4.55. The van der Waals surface area contributed by atoms with E-state index in [1.54, 1.807) is 43.5 Å². The molecule has 8 heteroatoms. The molecule has 0 saturated carbocycles. The lowest BCUT2D eigenvalue weighted by atomic mass is 10.0. The Labute approximate surface area is 168 Å². The van der Waals surface area contributed by atoms with Crippen molar-refractivity contribution in [1.82, 2.24) is 0 Å². The highest BCUT2D eigenvalue weighted by molar-refractivity contribution is 7.90. The molecule has 0 aliphatic rings. The van der Waals surface area contributed by atoms with Crippen molar-refractivity contribution >= 4 is 38.2 Å². The summed E-state index contributed by atoms with van der Waals surface area (Å²) in [6.45, 7) is -0.558. The molecule has 3 rings (SSSR count). The molecule has 7 nitrogen and oxygen atoms in total. The number of anilines is 1. The van der Waals surface area contributed by atoms with Crippen molar-refractivity contribution in [1.29, 1.82) is 0 Å². The molecule has 0 bridgehead atoms. The second-order valence-corrected chi connectivity index (χ2v) is 8.24. The molecular formula is C21H19NO6S. The van der Waals surface area contributed by atoms with Crippen LogP contribution in [0, 0.1) is 0 Å². The molecule has 3 aromatic rings. The minimum Gasteiger partial charge on any atom is -0.496 e. The maximum absolute atomic E-state index is 12.5. The molecule has 3 aromatic carbocycles. The van der Waals surface area contributed by atoms with Crippen LogP contribution in [-0.4, -0.2) is 40.3 Å². The molecule has 1 N–H and O–H groups in total. The number of benzene rings is 3. The van der Waals surface area contributed by atoms with Crippen LogP contribution < -0.4 is 10.1 Å². The molecule has 0 heterocycles. The minimum atomic E-state index is -3.52. The second kappa shape index (κ2) is 8.32. The zero-order valence-corrected chi connectivity index (χ0v) is 16.7. The van der Waals surface area contributed by atoms with E-state index in [-0.39, 0.29) is 10.6 Å². The average molecular weight is 413 g/mol.